The number of nitrogens with zero attached hydrogens (tertiary/aromatic N) is 4. The predicted octanol–water partition coefficient (Wildman–Crippen LogP) is 4.89. The van der Waals surface area contributed by atoms with E-state index in [9.17, 15) is 4.79 Å². The Hall–Kier alpha value is -2.80. The fourth-order valence-corrected chi connectivity index (χ4v) is 4.58. The van der Waals surface area contributed by atoms with E-state index in [1.165, 1.54) is 5.56 Å². The summed E-state index contributed by atoms with van der Waals surface area (Å²) in [5.41, 5.74) is 4.25. The zero-order valence-corrected chi connectivity index (χ0v) is 18.7. The molecule has 0 radical (unpaired) electrons. The molecule has 30 heavy (non-hydrogen) atoms. The normalized spacial score (nSPS) is 13.4. The molecule has 3 heterocycles. The highest BCUT2D eigenvalue weighted by Gasteiger charge is 2.24. The Morgan fingerprint density at radius 3 is 2.67 bits per heavy atom. The van der Waals surface area contributed by atoms with Crippen molar-refractivity contribution in [1.29, 1.82) is 0 Å². The molecule has 3 aromatic rings. The van der Waals surface area contributed by atoms with Gasteiger partial charge < -0.3 is 10.2 Å². The van der Waals surface area contributed by atoms with Gasteiger partial charge in [-0.15, -0.1) is 0 Å². The molecule has 1 aliphatic rings. The smallest absolute Gasteiger partial charge is 0.223 e. The minimum Gasteiger partial charge on any atom is -0.337 e. The maximum Gasteiger partial charge on any atom is 0.223 e. The van der Waals surface area contributed by atoms with Crippen molar-refractivity contribution < 1.29 is 4.79 Å². The summed E-state index contributed by atoms with van der Waals surface area (Å²) < 4.78 is 0. The average molecular weight is 422 g/mol. The minimum atomic E-state index is 0.229. The number of amides is 1. The number of carbonyl (C=O) groups is 1. The maximum absolute atomic E-state index is 12.4. The highest BCUT2D eigenvalue weighted by atomic mass is 32.1. The van der Waals surface area contributed by atoms with E-state index < -0.39 is 0 Å². The summed E-state index contributed by atoms with van der Waals surface area (Å²) in [6.07, 6.45) is 1.40. The van der Waals surface area contributed by atoms with Crippen LogP contribution in [-0.4, -0.2) is 32.3 Å². The fraction of sp³-hybridized carbons (Fsp3) is 0.391. The third-order valence-electron chi connectivity index (χ3n) is 5.09. The van der Waals surface area contributed by atoms with E-state index in [2.05, 4.69) is 60.3 Å². The van der Waals surface area contributed by atoms with E-state index in [1.807, 2.05) is 17.9 Å². The largest absolute Gasteiger partial charge is 0.337 e. The first-order valence-corrected chi connectivity index (χ1v) is 11.1. The van der Waals surface area contributed by atoms with Crippen molar-refractivity contribution in [1.82, 2.24) is 19.9 Å². The van der Waals surface area contributed by atoms with Crippen LogP contribution in [0.4, 0.5) is 10.9 Å². The Morgan fingerprint density at radius 1 is 1.17 bits per heavy atom. The maximum atomic E-state index is 12.4. The lowest BCUT2D eigenvalue weighted by Crippen LogP contribution is -2.36. The van der Waals surface area contributed by atoms with E-state index >= 15 is 0 Å². The number of nitrogens with one attached hydrogen (secondary N) is 1. The van der Waals surface area contributed by atoms with Crippen LogP contribution in [-0.2, 0) is 17.8 Å². The first-order chi connectivity index (χ1) is 14.4. The summed E-state index contributed by atoms with van der Waals surface area (Å²) >= 11 is 1.60. The van der Waals surface area contributed by atoms with Gasteiger partial charge in [-0.1, -0.05) is 55.0 Å². The number of hydrogen-bond donors (Lipinski definition) is 1. The lowest BCUT2D eigenvalue weighted by molar-refractivity contribution is -0.132. The van der Waals surface area contributed by atoms with E-state index in [1.54, 1.807) is 11.3 Å². The second-order valence-electron chi connectivity index (χ2n) is 8.23. The van der Waals surface area contributed by atoms with Crippen molar-refractivity contribution in [3.8, 4) is 11.3 Å². The van der Waals surface area contributed by atoms with Gasteiger partial charge in [-0.3, -0.25) is 4.79 Å². The molecule has 156 valence electrons. The quantitative estimate of drug-likeness (QED) is 0.635. The Bertz CT molecular complexity index is 1060. The molecule has 7 heteroatoms. The summed E-state index contributed by atoms with van der Waals surface area (Å²) in [5, 5.41) is 4.16. The summed E-state index contributed by atoms with van der Waals surface area (Å²) in [7, 11) is 0. The summed E-state index contributed by atoms with van der Waals surface area (Å²) in [4.78, 5) is 29.4. The first kappa shape index (κ1) is 20.5. The van der Waals surface area contributed by atoms with Crippen LogP contribution in [0, 0.1) is 19.8 Å². The van der Waals surface area contributed by atoms with Crippen LogP contribution in [0.25, 0.3) is 11.3 Å². The average Bonchev–Trinajstić information content (AvgIpc) is 3.08. The summed E-state index contributed by atoms with van der Waals surface area (Å²) in [6, 6.07) is 10.3. The second kappa shape index (κ2) is 8.52. The van der Waals surface area contributed by atoms with Crippen LogP contribution in [0.5, 0.6) is 0 Å². The molecule has 0 atom stereocenters. The Labute approximate surface area is 181 Å². The highest BCUT2D eigenvalue weighted by Crippen LogP contribution is 2.31. The minimum absolute atomic E-state index is 0.229. The van der Waals surface area contributed by atoms with Crippen LogP contribution in [0.2, 0.25) is 0 Å². The predicted molar refractivity (Wildman–Crippen MR) is 121 cm³/mol. The standard InChI is InChI=1S/C23H27N5OS/c1-14(2)11-22(29)28-10-9-18-20(13-28)30-23(26-18)27-21-12-19(24-16(4)25-21)17-7-5-15(3)6-8-17/h5-8,12,14H,9-11,13H2,1-4H3,(H,24,25,26,27). The summed E-state index contributed by atoms with van der Waals surface area (Å²) in [6.45, 7) is 9.52. The molecule has 0 unspecified atom stereocenters. The molecule has 1 aromatic carbocycles. The molecule has 0 bridgehead atoms. The third kappa shape index (κ3) is 4.67. The van der Waals surface area contributed by atoms with Crippen LogP contribution in [0.15, 0.2) is 30.3 Å². The van der Waals surface area contributed by atoms with Gasteiger partial charge in [-0.2, -0.15) is 0 Å². The van der Waals surface area contributed by atoms with E-state index in [-0.39, 0.29) is 5.91 Å². The van der Waals surface area contributed by atoms with Gasteiger partial charge in [0.05, 0.1) is 17.9 Å². The third-order valence-corrected chi connectivity index (χ3v) is 6.08. The van der Waals surface area contributed by atoms with Crippen molar-refractivity contribution in [2.24, 2.45) is 5.92 Å². The van der Waals surface area contributed by atoms with Crippen LogP contribution in [0.1, 0.15) is 42.2 Å². The fourth-order valence-electron chi connectivity index (χ4n) is 3.55. The van der Waals surface area contributed by atoms with Crippen molar-refractivity contribution in [3.05, 3.63) is 52.3 Å². The molecule has 1 aliphatic heterocycles. The molecule has 1 N–H and O–H groups in total. The Kier molecular flexibility index (Phi) is 5.81. The van der Waals surface area contributed by atoms with Crippen LogP contribution < -0.4 is 5.32 Å². The molecule has 2 aromatic heterocycles. The molecule has 0 spiro atoms. The highest BCUT2D eigenvalue weighted by molar-refractivity contribution is 7.15. The molecule has 1 amide bonds. The number of benzene rings is 1. The van der Waals surface area contributed by atoms with E-state index in [0.29, 0.717) is 24.7 Å². The lowest BCUT2D eigenvalue weighted by atomic mass is 10.1. The molecule has 0 saturated carbocycles. The number of aromatic nitrogens is 3. The monoisotopic (exact) mass is 421 g/mol. The molecule has 4 rings (SSSR count). The Morgan fingerprint density at radius 2 is 1.93 bits per heavy atom. The zero-order valence-electron chi connectivity index (χ0n) is 17.9. The number of fused-ring (bicyclic) bond motifs is 1. The SMILES string of the molecule is Cc1ccc(-c2cc(Nc3nc4c(s3)CN(C(=O)CC(C)C)CC4)nc(C)n2)cc1. The number of hydrogen-bond acceptors (Lipinski definition) is 6. The first-order valence-electron chi connectivity index (χ1n) is 10.3. The molecule has 0 fully saturated rings. The van der Waals surface area contributed by atoms with Crippen molar-refractivity contribution in [3.63, 3.8) is 0 Å². The topological polar surface area (TPSA) is 71.0 Å². The summed E-state index contributed by atoms with van der Waals surface area (Å²) in [5.74, 6) is 2.05. The van der Waals surface area contributed by atoms with Crippen molar-refractivity contribution >= 4 is 28.2 Å². The zero-order chi connectivity index (χ0) is 21.3. The van der Waals surface area contributed by atoms with E-state index in [4.69, 9.17) is 4.98 Å². The lowest BCUT2D eigenvalue weighted by Gasteiger charge is -2.26. The second-order valence-corrected chi connectivity index (χ2v) is 9.31. The van der Waals surface area contributed by atoms with Crippen LogP contribution >= 0.6 is 11.3 Å². The van der Waals surface area contributed by atoms with Gasteiger partial charge in [-0.05, 0) is 19.8 Å². The molecular weight excluding hydrogens is 394 g/mol. The number of aryl methyl sites for hydroxylation is 2. The molecule has 0 aliphatic carbocycles. The number of thiazole rings is 1. The van der Waals surface area contributed by atoms with Gasteiger partial charge in [0.2, 0.25) is 5.91 Å². The van der Waals surface area contributed by atoms with Crippen molar-refractivity contribution in [2.75, 3.05) is 11.9 Å². The number of carbonyl (C=O) groups excluding carboxylic acids is 1. The number of anilines is 2. The molecule has 0 saturated heterocycles. The van der Waals surface area contributed by atoms with Gasteiger partial charge >= 0.3 is 0 Å². The van der Waals surface area contributed by atoms with Gasteiger partial charge in [0.1, 0.15) is 11.6 Å². The van der Waals surface area contributed by atoms with Gasteiger partial charge in [0, 0.05) is 35.9 Å². The van der Waals surface area contributed by atoms with Crippen molar-refractivity contribution in [2.45, 2.75) is 47.1 Å². The van der Waals surface area contributed by atoms with Gasteiger partial charge in [0.15, 0.2) is 5.13 Å². The van der Waals surface area contributed by atoms with Gasteiger partial charge in [-0.25, -0.2) is 15.0 Å². The number of rotatable bonds is 5. The molecule has 6 nitrogen and oxygen atoms in total. The van der Waals surface area contributed by atoms with E-state index in [0.717, 1.165) is 45.7 Å². The van der Waals surface area contributed by atoms with Crippen LogP contribution in [0.3, 0.4) is 0 Å². The Balaban J connectivity index is 1.52. The molecular formula is C23H27N5OS. The van der Waals surface area contributed by atoms with Gasteiger partial charge in [0.25, 0.3) is 0 Å².